The average molecular weight is 485 g/mol. The van der Waals surface area contributed by atoms with Crippen LogP contribution < -0.4 is 5.32 Å². The molecule has 4 heterocycles. The summed E-state index contributed by atoms with van der Waals surface area (Å²) in [7, 11) is 0. The number of fused-ring (bicyclic) bond motifs is 3. The molecule has 3 unspecified atom stereocenters. The van der Waals surface area contributed by atoms with Gasteiger partial charge in [0.25, 0.3) is 5.91 Å². The van der Waals surface area contributed by atoms with E-state index >= 15 is 0 Å². The van der Waals surface area contributed by atoms with Crippen LogP contribution in [0.1, 0.15) is 76.2 Å². The van der Waals surface area contributed by atoms with E-state index in [1.807, 2.05) is 17.9 Å². The molecule has 186 valence electrons. The van der Waals surface area contributed by atoms with E-state index in [0.29, 0.717) is 13.1 Å². The predicted octanol–water partition coefficient (Wildman–Crippen LogP) is 4.73. The number of likely N-dealkylation sites (tertiary alicyclic amines) is 1. The van der Waals surface area contributed by atoms with Gasteiger partial charge in [-0.05, 0) is 68.5 Å². The molecule has 2 aliphatic heterocycles. The van der Waals surface area contributed by atoms with Crippen LogP contribution >= 0.6 is 11.3 Å². The van der Waals surface area contributed by atoms with E-state index in [1.54, 1.807) is 11.3 Å². The average Bonchev–Trinajstić information content (AvgIpc) is 3.38. The highest BCUT2D eigenvalue weighted by Crippen LogP contribution is 2.35. The van der Waals surface area contributed by atoms with Crippen LogP contribution in [0, 0.1) is 11.8 Å². The summed E-state index contributed by atoms with van der Waals surface area (Å²) in [6.07, 6.45) is 7.89. The first-order valence-corrected chi connectivity index (χ1v) is 14.1. The summed E-state index contributed by atoms with van der Waals surface area (Å²) in [6, 6.07) is 4.32. The topological polar surface area (TPSA) is 57.6 Å². The van der Waals surface area contributed by atoms with Crippen LogP contribution in [0.2, 0.25) is 0 Å². The Kier molecular flexibility index (Phi) is 6.77. The molecule has 0 radical (unpaired) electrons. The van der Waals surface area contributed by atoms with Gasteiger partial charge in [0, 0.05) is 25.7 Å². The van der Waals surface area contributed by atoms with Crippen molar-refractivity contribution in [1.82, 2.24) is 19.7 Å². The second-order valence-corrected chi connectivity index (χ2v) is 12.3. The Morgan fingerprint density at radius 3 is 2.62 bits per heavy atom. The van der Waals surface area contributed by atoms with Crippen molar-refractivity contribution in [1.29, 1.82) is 0 Å². The Balaban J connectivity index is 1.36. The molecule has 1 saturated carbocycles. The van der Waals surface area contributed by atoms with Crippen molar-refractivity contribution < 1.29 is 9.59 Å². The summed E-state index contributed by atoms with van der Waals surface area (Å²) < 4.78 is 3.20. The number of hydrogen-bond donors (Lipinski definition) is 1. The lowest BCUT2D eigenvalue weighted by Crippen LogP contribution is -2.65. The number of nitrogens with one attached hydrogen (secondary N) is 1. The predicted molar refractivity (Wildman–Crippen MR) is 138 cm³/mol. The Morgan fingerprint density at radius 2 is 1.88 bits per heavy atom. The summed E-state index contributed by atoms with van der Waals surface area (Å²) in [4.78, 5) is 32.0. The maximum atomic E-state index is 13.8. The van der Waals surface area contributed by atoms with Crippen molar-refractivity contribution >= 4 is 33.4 Å². The van der Waals surface area contributed by atoms with Gasteiger partial charge in [-0.3, -0.25) is 9.59 Å². The summed E-state index contributed by atoms with van der Waals surface area (Å²) in [6.45, 7) is 11.0. The number of amides is 2. The highest BCUT2D eigenvalue weighted by Gasteiger charge is 2.48. The van der Waals surface area contributed by atoms with Crippen molar-refractivity contribution in [3.63, 3.8) is 0 Å². The lowest BCUT2D eigenvalue weighted by molar-refractivity contribution is -0.133. The lowest BCUT2D eigenvalue weighted by Gasteiger charge is -2.45. The fourth-order valence-corrected chi connectivity index (χ4v) is 7.46. The number of nitrogens with zero attached hydrogens (tertiary/aromatic N) is 3. The molecule has 0 bridgehead atoms. The first-order chi connectivity index (χ1) is 16.3. The molecule has 0 spiro atoms. The smallest absolute Gasteiger partial charge is 0.271 e. The molecule has 3 atom stereocenters. The number of carbonyl (C=O) groups is 2. The maximum Gasteiger partial charge on any atom is 0.271 e. The second kappa shape index (κ2) is 9.65. The first kappa shape index (κ1) is 23.9. The third-order valence-electron chi connectivity index (χ3n) is 8.28. The van der Waals surface area contributed by atoms with Crippen molar-refractivity contribution in [3.8, 4) is 0 Å². The van der Waals surface area contributed by atoms with Crippen molar-refractivity contribution in [2.75, 3.05) is 26.2 Å². The standard InChI is InChI=1S/C27H40N4O2S/c1-19-14-20(2)17-29(16-19)11-7-12-31-25(32)23-15-24-22(10-13-34-24)30(23)18-27(31,3)26(33)28-21-8-5-4-6-9-21/h10,13,15,19-21H,4-9,11-12,14,16-18H2,1-3H3,(H,28,33). The van der Waals surface area contributed by atoms with Crippen molar-refractivity contribution in [2.45, 2.75) is 83.8 Å². The minimum absolute atomic E-state index is 0.00340. The van der Waals surface area contributed by atoms with Gasteiger partial charge >= 0.3 is 0 Å². The molecule has 3 aliphatic rings. The zero-order chi connectivity index (χ0) is 23.9. The molecule has 2 aromatic rings. The lowest BCUT2D eigenvalue weighted by atomic mass is 9.91. The molecule has 2 fully saturated rings. The maximum absolute atomic E-state index is 13.8. The number of aromatic nitrogens is 1. The van der Waals surface area contributed by atoms with Gasteiger partial charge in [0.1, 0.15) is 11.2 Å². The van der Waals surface area contributed by atoms with Gasteiger partial charge in [0.05, 0.1) is 16.8 Å². The SMILES string of the molecule is CC1CC(C)CN(CCCN2C(=O)c3cc4sccc4n3CC2(C)C(=O)NC2CCCCC2)C1. The summed E-state index contributed by atoms with van der Waals surface area (Å²) in [5.74, 6) is 1.46. The molecule has 1 saturated heterocycles. The summed E-state index contributed by atoms with van der Waals surface area (Å²) in [5.41, 5.74) is 0.920. The van der Waals surface area contributed by atoms with Gasteiger partial charge in [0.2, 0.25) is 5.91 Å². The van der Waals surface area contributed by atoms with E-state index in [2.05, 4.69) is 40.1 Å². The number of carbonyl (C=O) groups excluding carboxylic acids is 2. The fraction of sp³-hybridized carbons (Fsp3) is 0.704. The van der Waals surface area contributed by atoms with Crippen LogP contribution in [0.5, 0.6) is 0 Å². The Hall–Kier alpha value is -1.86. The molecule has 1 N–H and O–H groups in total. The van der Waals surface area contributed by atoms with Gasteiger partial charge in [-0.2, -0.15) is 0 Å². The van der Waals surface area contributed by atoms with Gasteiger partial charge in [-0.15, -0.1) is 11.3 Å². The quantitative estimate of drug-likeness (QED) is 0.645. The summed E-state index contributed by atoms with van der Waals surface area (Å²) in [5, 5.41) is 5.41. The Bertz CT molecular complexity index is 1030. The van der Waals surface area contributed by atoms with Crippen LogP contribution in [0.15, 0.2) is 17.5 Å². The molecular weight excluding hydrogens is 444 g/mol. The minimum atomic E-state index is -0.877. The second-order valence-electron chi connectivity index (χ2n) is 11.4. The molecule has 1 aliphatic carbocycles. The Labute approximate surface area is 207 Å². The van der Waals surface area contributed by atoms with Gasteiger partial charge < -0.3 is 19.7 Å². The molecule has 2 amide bonds. The molecule has 7 heteroatoms. The Morgan fingerprint density at radius 1 is 1.15 bits per heavy atom. The van der Waals surface area contributed by atoms with E-state index in [1.165, 1.54) is 25.7 Å². The summed E-state index contributed by atoms with van der Waals surface area (Å²) >= 11 is 1.66. The van der Waals surface area contributed by atoms with Gasteiger partial charge in [-0.1, -0.05) is 33.1 Å². The normalized spacial score (nSPS) is 28.9. The number of rotatable bonds is 6. The van der Waals surface area contributed by atoms with E-state index in [-0.39, 0.29) is 17.9 Å². The number of piperidine rings is 1. The zero-order valence-corrected chi connectivity index (χ0v) is 21.8. The van der Waals surface area contributed by atoms with Crippen LogP contribution in [0.4, 0.5) is 0 Å². The van der Waals surface area contributed by atoms with E-state index in [9.17, 15) is 9.59 Å². The first-order valence-electron chi connectivity index (χ1n) is 13.3. The molecule has 34 heavy (non-hydrogen) atoms. The van der Waals surface area contributed by atoms with E-state index in [4.69, 9.17) is 0 Å². The van der Waals surface area contributed by atoms with E-state index in [0.717, 1.165) is 66.6 Å². The molecule has 2 aromatic heterocycles. The highest BCUT2D eigenvalue weighted by atomic mass is 32.1. The van der Waals surface area contributed by atoms with Crippen LogP contribution in [-0.2, 0) is 11.3 Å². The third kappa shape index (κ3) is 4.53. The number of hydrogen-bond acceptors (Lipinski definition) is 4. The van der Waals surface area contributed by atoms with Crippen LogP contribution in [0.25, 0.3) is 10.2 Å². The van der Waals surface area contributed by atoms with Crippen LogP contribution in [0.3, 0.4) is 0 Å². The van der Waals surface area contributed by atoms with Crippen LogP contribution in [-0.4, -0.2) is 63.9 Å². The largest absolute Gasteiger partial charge is 0.351 e. The molecule has 6 nitrogen and oxygen atoms in total. The number of thiophene rings is 1. The highest BCUT2D eigenvalue weighted by molar-refractivity contribution is 7.17. The monoisotopic (exact) mass is 484 g/mol. The minimum Gasteiger partial charge on any atom is -0.351 e. The molecule has 0 aromatic carbocycles. The molecule has 5 rings (SSSR count). The zero-order valence-electron chi connectivity index (χ0n) is 21.0. The van der Waals surface area contributed by atoms with Gasteiger partial charge in [-0.25, -0.2) is 0 Å². The fourth-order valence-electron chi connectivity index (χ4n) is 6.64. The van der Waals surface area contributed by atoms with Crippen molar-refractivity contribution in [3.05, 3.63) is 23.2 Å². The van der Waals surface area contributed by atoms with E-state index < -0.39 is 5.54 Å². The van der Waals surface area contributed by atoms with Crippen molar-refractivity contribution in [2.24, 2.45) is 11.8 Å². The molecular formula is C27H40N4O2S. The third-order valence-corrected chi connectivity index (χ3v) is 9.13. The van der Waals surface area contributed by atoms with Gasteiger partial charge in [0.15, 0.2) is 0 Å².